The Hall–Kier alpha value is -1.91. The number of hydrogen-bond acceptors (Lipinski definition) is 3. The van der Waals surface area contributed by atoms with Gasteiger partial charge in [-0.3, -0.25) is 9.48 Å². The van der Waals surface area contributed by atoms with Crippen LogP contribution in [0.1, 0.15) is 99.0 Å². The van der Waals surface area contributed by atoms with Crippen molar-refractivity contribution >= 4 is 16.9 Å². The van der Waals surface area contributed by atoms with Gasteiger partial charge >= 0.3 is 0 Å². The fraction of sp³-hybridized carbons (Fsp3) is 0.696. The second-order valence-corrected chi connectivity index (χ2v) is 9.17. The molecule has 0 aromatic carbocycles. The van der Waals surface area contributed by atoms with Crippen LogP contribution in [0, 0.1) is 0 Å². The number of fused-ring (bicyclic) bond motifs is 1. The lowest BCUT2D eigenvalue weighted by Crippen LogP contribution is -2.48. The Balaban J connectivity index is 1.56. The number of aromatic nitrogens is 3. The highest BCUT2D eigenvalue weighted by atomic mass is 16.2. The monoisotopic (exact) mass is 380 g/mol. The molecule has 0 unspecified atom stereocenters. The van der Waals surface area contributed by atoms with Crippen molar-refractivity contribution in [2.75, 3.05) is 0 Å². The van der Waals surface area contributed by atoms with Crippen LogP contribution in [0.2, 0.25) is 0 Å². The van der Waals surface area contributed by atoms with Gasteiger partial charge in [0.1, 0.15) is 0 Å². The van der Waals surface area contributed by atoms with E-state index < -0.39 is 0 Å². The SMILES string of the molecule is Cn1ncc2c(C(=O)N(C3CCCCC3)C3CCCCC3)cc(C3CC3)nc21. The van der Waals surface area contributed by atoms with Crippen molar-refractivity contribution in [2.24, 2.45) is 7.05 Å². The lowest BCUT2D eigenvalue weighted by atomic mass is 9.88. The summed E-state index contributed by atoms with van der Waals surface area (Å²) in [7, 11) is 1.93. The molecule has 2 aromatic rings. The first-order valence-corrected chi connectivity index (χ1v) is 11.4. The van der Waals surface area contributed by atoms with E-state index in [1.165, 1.54) is 77.0 Å². The van der Waals surface area contributed by atoms with Crippen LogP contribution >= 0.6 is 0 Å². The number of amides is 1. The van der Waals surface area contributed by atoms with Gasteiger partial charge in [-0.25, -0.2) is 4.98 Å². The highest BCUT2D eigenvalue weighted by Crippen LogP contribution is 2.41. The van der Waals surface area contributed by atoms with Gasteiger partial charge in [-0.2, -0.15) is 5.10 Å². The van der Waals surface area contributed by atoms with Gasteiger partial charge in [0.15, 0.2) is 5.65 Å². The number of pyridine rings is 1. The summed E-state index contributed by atoms with van der Waals surface area (Å²) in [5, 5.41) is 5.35. The van der Waals surface area contributed by atoms with Crippen LogP contribution < -0.4 is 0 Å². The predicted molar refractivity (Wildman–Crippen MR) is 110 cm³/mol. The Morgan fingerprint density at radius 3 is 2.14 bits per heavy atom. The number of hydrogen-bond donors (Lipinski definition) is 0. The predicted octanol–water partition coefficient (Wildman–Crippen LogP) is 4.95. The zero-order chi connectivity index (χ0) is 19.1. The van der Waals surface area contributed by atoms with Crippen molar-refractivity contribution in [3.05, 3.63) is 23.5 Å². The third kappa shape index (κ3) is 3.33. The third-order valence-electron chi connectivity index (χ3n) is 7.12. The van der Waals surface area contributed by atoms with Gasteiger partial charge in [0.25, 0.3) is 5.91 Å². The van der Waals surface area contributed by atoms with Gasteiger partial charge in [0.05, 0.1) is 17.1 Å². The van der Waals surface area contributed by atoms with Crippen LogP contribution in [-0.4, -0.2) is 37.7 Å². The standard InChI is InChI=1S/C23H32N4O/c1-26-22-20(15-24-26)19(14-21(25-22)16-12-13-16)23(28)27(17-8-4-2-5-9-17)18-10-6-3-7-11-18/h14-18H,2-13H2,1H3. The smallest absolute Gasteiger partial charge is 0.255 e. The first kappa shape index (κ1) is 18.1. The second-order valence-electron chi connectivity index (χ2n) is 9.17. The highest BCUT2D eigenvalue weighted by Gasteiger charge is 2.35. The molecule has 0 atom stereocenters. The van der Waals surface area contributed by atoms with Crippen LogP contribution in [0.5, 0.6) is 0 Å². The normalized spacial score (nSPS) is 21.9. The van der Waals surface area contributed by atoms with E-state index in [1.54, 1.807) is 0 Å². The molecule has 28 heavy (non-hydrogen) atoms. The summed E-state index contributed by atoms with van der Waals surface area (Å²) in [6.07, 6.45) is 16.6. The maximum atomic E-state index is 14.0. The Morgan fingerprint density at radius 1 is 0.964 bits per heavy atom. The zero-order valence-electron chi connectivity index (χ0n) is 17.1. The third-order valence-corrected chi connectivity index (χ3v) is 7.12. The van der Waals surface area contributed by atoms with Gasteiger partial charge in [-0.05, 0) is 44.6 Å². The topological polar surface area (TPSA) is 51.0 Å². The van der Waals surface area contributed by atoms with E-state index in [-0.39, 0.29) is 5.91 Å². The lowest BCUT2D eigenvalue weighted by molar-refractivity contribution is 0.0450. The van der Waals surface area contributed by atoms with Crippen LogP contribution in [0.15, 0.2) is 12.3 Å². The van der Waals surface area contributed by atoms with Crippen molar-refractivity contribution < 1.29 is 4.79 Å². The molecule has 0 bridgehead atoms. The molecule has 0 spiro atoms. The van der Waals surface area contributed by atoms with Crippen molar-refractivity contribution in [1.82, 2.24) is 19.7 Å². The fourth-order valence-electron chi connectivity index (χ4n) is 5.39. The van der Waals surface area contributed by atoms with Crippen LogP contribution in [0.4, 0.5) is 0 Å². The molecule has 3 fully saturated rings. The van der Waals surface area contributed by atoms with Gasteiger partial charge in [0, 0.05) is 30.7 Å². The van der Waals surface area contributed by atoms with E-state index in [2.05, 4.69) is 16.1 Å². The van der Waals surface area contributed by atoms with E-state index in [4.69, 9.17) is 4.98 Å². The van der Waals surface area contributed by atoms with Crippen LogP contribution in [0.25, 0.3) is 11.0 Å². The summed E-state index contributed by atoms with van der Waals surface area (Å²) in [5.41, 5.74) is 2.79. The minimum absolute atomic E-state index is 0.237. The van der Waals surface area contributed by atoms with Crippen LogP contribution in [-0.2, 0) is 7.05 Å². The molecule has 0 saturated heterocycles. The Labute approximate surface area is 167 Å². The molecule has 3 saturated carbocycles. The maximum Gasteiger partial charge on any atom is 0.255 e. The van der Waals surface area contributed by atoms with Gasteiger partial charge in [-0.1, -0.05) is 38.5 Å². The molecule has 3 aliphatic rings. The molecule has 5 nitrogen and oxygen atoms in total. The second kappa shape index (κ2) is 7.49. The average molecular weight is 381 g/mol. The van der Waals surface area contributed by atoms with Gasteiger partial charge < -0.3 is 4.90 Å². The van der Waals surface area contributed by atoms with Crippen molar-refractivity contribution in [3.8, 4) is 0 Å². The molecule has 0 aliphatic heterocycles. The minimum Gasteiger partial charge on any atom is -0.333 e. The molecular weight excluding hydrogens is 348 g/mol. The van der Waals surface area contributed by atoms with E-state index in [1.807, 2.05) is 17.9 Å². The van der Waals surface area contributed by atoms with Crippen molar-refractivity contribution in [3.63, 3.8) is 0 Å². The molecule has 5 rings (SSSR count). The van der Waals surface area contributed by atoms with E-state index in [9.17, 15) is 4.79 Å². The molecule has 2 heterocycles. The molecular formula is C23H32N4O. The van der Waals surface area contributed by atoms with Gasteiger partial charge in [0.2, 0.25) is 0 Å². The summed E-state index contributed by atoms with van der Waals surface area (Å²) in [5.74, 6) is 0.768. The number of carbonyl (C=O) groups excluding carboxylic acids is 1. The van der Waals surface area contributed by atoms with Crippen molar-refractivity contribution in [1.29, 1.82) is 0 Å². The summed E-state index contributed by atoms with van der Waals surface area (Å²) in [6.45, 7) is 0. The molecule has 0 N–H and O–H groups in total. The number of nitrogens with zero attached hydrogens (tertiary/aromatic N) is 4. The van der Waals surface area contributed by atoms with E-state index in [0.29, 0.717) is 18.0 Å². The van der Waals surface area contributed by atoms with Crippen LogP contribution in [0.3, 0.4) is 0 Å². The summed E-state index contributed by atoms with van der Waals surface area (Å²) < 4.78 is 1.82. The zero-order valence-corrected chi connectivity index (χ0v) is 17.1. The van der Waals surface area contributed by atoms with Crippen molar-refractivity contribution in [2.45, 2.75) is 95.1 Å². The Morgan fingerprint density at radius 2 is 1.57 bits per heavy atom. The lowest BCUT2D eigenvalue weighted by Gasteiger charge is -2.42. The molecule has 0 radical (unpaired) electrons. The Kier molecular flexibility index (Phi) is 4.85. The molecule has 1 amide bonds. The minimum atomic E-state index is 0.237. The van der Waals surface area contributed by atoms with E-state index in [0.717, 1.165) is 22.3 Å². The molecule has 150 valence electrons. The molecule has 2 aromatic heterocycles. The average Bonchev–Trinajstić information content (AvgIpc) is 3.53. The first-order chi connectivity index (χ1) is 13.7. The largest absolute Gasteiger partial charge is 0.333 e. The first-order valence-electron chi connectivity index (χ1n) is 11.4. The number of rotatable bonds is 4. The van der Waals surface area contributed by atoms with Gasteiger partial charge in [-0.15, -0.1) is 0 Å². The molecule has 3 aliphatic carbocycles. The van der Waals surface area contributed by atoms with E-state index >= 15 is 0 Å². The Bertz CT molecular complexity index is 839. The number of carbonyl (C=O) groups is 1. The summed E-state index contributed by atoms with van der Waals surface area (Å²) in [6, 6.07) is 2.92. The number of aryl methyl sites for hydroxylation is 1. The quantitative estimate of drug-likeness (QED) is 0.754. The summed E-state index contributed by atoms with van der Waals surface area (Å²) >= 11 is 0. The summed E-state index contributed by atoms with van der Waals surface area (Å²) in [4.78, 5) is 21.2. The maximum absolute atomic E-state index is 14.0. The fourth-order valence-corrected chi connectivity index (χ4v) is 5.39. The molecule has 5 heteroatoms. The highest BCUT2D eigenvalue weighted by molar-refractivity contribution is 6.05.